The second kappa shape index (κ2) is 4.71. The van der Waals surface area contributed by atoms with Crippen LogP contribution in [0.2, 0.25) is 0 Å². The molecular weight excluding hydrogens is 272 g/mol. The molecule has 1 atom stereocenters. The lowest BCUT2D eigenvalue weighted by atomic mass is 10.1. The summed E-state index contributed by atoms with van der Waals surface area (Å²) in [6, 6.07) is 9.01. The Labute approximate surface area is 119 Å². The predicted octanol–water partition coefficient (Wildman–Crippen LogP) is 2.70. The lowest BCUT2D eigenvalue weighted by Gasteiger charge is -2.07. The Morgan fingerprint density at radius 3 is 2.52 bits per heavy atom. The zero-order valence-electron chi connectivity index (χ0n) is 11.2. The largest absolute Gasteiger partial charge is 0.478 e. The van der Waals surface area contributed by atoms with Gasteiger partial charge in [-0.25, -0.2) is 4.79 Å². The maximum atomic E-state index is 12.4. The number of aliphatic hydroxyl groups is 1. The molecule has 0 aliphatic heterocycles. The molecule has 0 saturated heterocycles. The number of hydrogen-bond donors (Lipinski definition) is 2. The van der Waals surface area contributed by atoms with Crippen LogP contribution in [0.15, 0.2) is 45.6 Å². The highest BCUT2D eigenvalue weighted by Gasteiger charge is 2.12. The maximum absolute atomic E-state index is 12.4. The van der Waals surface area contributed by atoms with Gasteiger partial charge in [-0.15, -0.1) is 0 Å². The molecule has 21 heavy (non-hydrogen) atoms. The minimum atomic E-state index is -1.10. The van der Waals surface area contributed by atoms with E-state index in [2.05, 4.69) is 0 Å². The lowest BCUT2D eigenvalue weighted by molar-refractivity contribution is 0.0697. The first-order valence-corrected chi connectivity index (χ1v) is 6.39. The van der Waals surface area contributed by atoms with Crippen LogP contribution in [0, 0.1) is 0 Å². The smallest absolute Gasteiger partial charge is 0.335 e. The molecule has 0 aliphatic carbocycles. The summed E-state index contributed by atoms with van der Waals surface area (Å²) in [5.74, 6) is -1.10. The highest BCUT2D eigenvalue weighted by molar-refractivity contribution is 5.96. The fourth-order valence-electron chi connectivity index (χ4n) is 2.26. The first-order valence-electron chi connectivity index (χ1n) is 6.39. The quantitative estimate of drug-likeness (QED) is 0.706. The minimum Gasteiger partial charge on any atom is -0.478 e. The first-order chi connectivity index (χ1) is 9.97. The predicted molar refractivity (Wildman–Crippen MR) is 77.6 cm³/mol. The van der Waals surface area contributed by atoms with E-state index in [1.807, 2.05) is 0 Å². The Balaban J connectivity index is 2.37. The van der Waals surface area contributed by atoms with E-state index in [1.165, 1.54) is 18.2 Å². The van der Waals surface area contributed by atoms with Gasteiger partial charge in [-0.3, -0.25) is 4.79 Å². The first kappa shape index (κ1) is 13.3. The van der Waals surface area contributed by atoms with Crippen molar-refractivity contribution in [3.05, 3.63) is 57.7 Å². The normalized spacial score (nSPS) is 12.7. The van der Waals surface area contributed by atoms with Crippen molar-refractivity contribution in [1.29, 1.82) is 0 Å². The van der Waals surface area contributed by atoms with Crippen LogP contribution in [0.4, 0.5) is 0 Å². The number of hydrogen-bond acceptors (Lipinski definition) is 4. The molecule has 5 heteroatoms. The lowest BCUT2D eigenvalue weighted by Crippen LogP contribution is -2.05. The van der Waals surface area contributed by atoms with Crippen molar-refractivity contribution in [1.82, 2.24) is 0 Å². The Bertz CT molecular complexity index is 921. The summed E-state index contributed by atoms with van der Waals surface area (Å²) in [5.41, 5.74) is 1.09. The molecule has 0 saturated carbocycles. The molecule has 0 spiro atoms. The third-order valence-corrected chi connectivity index (χ3v) is 3.42. The number of carbonyl (C=O) groups is 1. The van der Waals surface area contributed by atoms with Gasteiger partial charge in [0.1, 0.15) is 11.2 Å². The van der Waals surface area contributed by atoms with Crippen LogP contribution in [0.3, 0.4) is 0 Å². The molecule has 0 radical (unpaired) electrons. The van der Waals surface area contributed by atoms with E-state index in [9.17, 15) is 14.7 Å². The van der Waals surface area contributed by atoms with E-state index in [0.29, 0.717) is 22.1 Å². The molecule has 3 aromatic rings. The fraction of sp³-hybridized carbons (Fsp3) is 0.125. The molecule has 3 rings (SSSR count). The van der Waals surface area contributed by atoms with Crippen molar-refractivity contribution in [2.45, 2.75) is 13.0 Å². The van der Waals surface area contributed by atoms with E-state index >= 15 is 0 Å². The molecule has 1 heterocycles. The molecule has 2 aromatic carbocycles. The molecule has 1 aromatic heterocycles. The summed E-state index contributed by atoms with van der Waals surface area (Å²) in [6.45, 7) is 1.62. The van der Waals surface area contributed by atoms with Crippen molar-refractivity contribution in [2.24, 2.45) is 0 Å². The van der Waals surface area contributed by atoms with Crippen molar-refractivity contribution in [3.8, 4) is 0 Å². The fourth-order valence-corrected chi connectivity index (χ4v) is 2.26. The zero-order valence-corrected chi connectivity index (χ0v) is 11.2. The third-order valence-electron chi connectivity index (χ3n) is 3.42. The Morgan fingerprint density at radius 1 is 1.10 bits per heavy atom. The van der Waals surface area contributed by atoms with E-state index in [1.54, 1.807) is 25.1 Å². The number of aliphatic hydroxyl groups excluding tert-OH is 1. The zero-order chi connectivity index (χ0) is 15.1. The van der Waals surface area contributed by atoms with Gasteiger partial charge >= 0.3 is 5.97 Å². The highest BCUT2D eigenvalue weighted by atomic mass is 16.4. The van der Waals surface area contributed by atoms with Gasteiger partial charge in [0.05, 0.1) is 22.4 Å². The van der Waals surface area contributed by atoms with Crippen LogP contribution in [-0.2, 0) is 0 Å². The molecule has 0 aliphatic rings. The summed E-state index contributed by atoms with van der Waals surface area (Å²) in [4.78, 5) is 23.4. The topological polar surface area (TPSA) is 87.7 Å². The van der Waals surface area contributed by atoms with Crippen LogP contribution in [0.1, 0.15) is 28.9 Å². The molecule has 0 fully saturated rings. The van der Waals surface area contributed by atoms with E-state index in [4.69, 9.17) is 9.52 Å². The number of aromatic carboxylic acids is 1. The summed E-state index contributed by atoms with van der Waals surface area (Å²) < 4.78 is 5.65. The number of benzene rings is 2. The Hall–Kier alpha value is -2.66. The SMILES string of the molecule is CC(O)c1ccc2c(=O)c3cc(C(=O)O)ccc3oc2c1. The van der Waals surface area contributed by atoms with Gasteiger partial charge in [0, 0.05) is 0 Å². The van der Waals surface area contributed by atoms with Gasteiger partial charge in [-0.05, 0) is 42.8 Å². The summed E-state index contributed by atoms with van der Waals surface area (Å²) in [7, 11) is 0. The van der Waals surface area contributed by atoms with Crippen LogP contribution in [0.25, 0.3) is 21.9 Å². The minimum absolute atomic E-state index is 0.0368. The van der Waals surface area contributed by atoms with E-state index in [-0.39, 0.29) is 16.4 Å². The molecule has 106 valence electrons. The number of rotatable bonds is 2. The van der Waals surface area contributed by atoms with Gasteiger partial charge in [-0.2, -0.15) is 0 Å². The Kier molecular flexibility index (Phi) is 2.99. The van der Waals surface area contributed by atoms with Crippen molar-refractivity contribution in [3.63, 3.8) is 0 Å². The average Bonchev–Trinajstić information content (AvgIpc) is 2.46. The van der Waals surface area contributed by atoms with Gasteiger partial charge < -0.3 is 14.6 Å². The molecular formula is C16H12O5. The van der Waals surface area contributed by atoms with Crippen LogP contribution in [-0.4, -0.2) is 16.2 Å². The number of carboxylic acid groups (broad SMARTS) is 1. The van der Waals surface area contributed by atoms with E-state index < -0.39 is 12.1 Å². The number of fused-ring (bicyclic) bond motifs is 2. The van der Waals surface area contributed by atoms with Gasteiger partial charge in [0.15, 0.2) is 0 Å². The van der Waals surface area contributed by atoms with Gasteiger partial charge in [0.25, 0.3) is 0 Å². The molecule has 1 unspecified atom stereocenters. The monoisotopic (exact) mass is 284 g/mol. The number of carboxylic acids is 1. The van der Waals surface area contributed by atoms with Crippen LogP contribution in [0.5, 0.6) is 0 Å². The summed E-state index contributed by atoms with van der Waals surface area (Å²) in [5, 5.41) is 19.1. The van der Waals surface area contributed by atoms with E-state index in [0.717, 1.165) is 0 Å². The molecule has 0 bridgehead atoms. The second-order valence-electron chi connectivity index (χ2n) is 4.88. The molecule has 0 amide bonds. The standard InChI is InChI=1S/C16H12O5/c1-8(17)9-2-4-11-14(7-9)21-13-5-3-10(16(19)20)6-12(13)15(11)18/h2-8,17H,1H3,(H,19,20). The highest BCUT2D eigenvalue weighted by Crippen LogP contribution is 2.23. The van der Waals surface area contributed by atoms with Crippen LogP contribution >= 0.6 is 0 Å². The van der Waals surface area contributed by atoms with Crippen molar-refractivity contribution >= 4 is 27.9 Å². The summed E-state index contributed by atoms with van der Waals surface area (Å²) >= 11 is 0. The third kappa shape index (κ3) is 2.17. The molecule has 2 N–H and O–H groups in total. The van der Waals surface area contributed by atoms with Gasteiger partial charge in [-0.1, -0.05) is 6.07 Å². The summed E-state index contributed by atoms with van der Waals surface area (Å²) in [6.07, 6.45) is -0.662. The average molecular weight is 284 g/mol. The molecule has 5 nitrogen and oxygen atoms in total. The van der Waals surface area contributed by atoms with Gasteiger partial charge in [0.2, 0.25) is 5.43 Å². The van der Waals surface area contributed by atoms with Crippen LogP contribution < -0.4 is 5.43 Å². The maximum Gasteiger partial charge on any atom is 0.335 e. The van der Waals surface area contributed by atoms with Crippen molar-refractivity contribution < 1.29 is 19.4 Å². The second-order valence-corrected chi connectivity index (χ2v) is 4.88. The Morgan fingerprint density at radius 2 is 1.86 bits per heavy atom. The van der Waals surface area contributed by atoms with Crippen molar-refractivity contribution in [2.75, 3.05) is 0 Å².